The van der Waals surface area contributed by atoms with E-state index in [0.717, 1.165) is 17.8 Å². The van der Waals surface area contributed by atoms with E-state index in [9.17, 15) is 4.79 Å². The highest BCUT2D eigenvalue weighted by atomic mass is 32.1. The fourth-order valence-corrected chi connectivity index (χ4v) is 2.68. The number of thiophene rings is 1. The molecule has 0 aliphatic carbocycles. The number of nitrogens with zero attached hydrogens (tertiary/aromatic N) is 1. The molecule has 2 rings (SSSR count). The summed E-state index contributed by atoms with van der Waals surface area (Å²) in [6.07, 6.45) is 1.45. The van der Waals surface area contributed by atoms with E-state index in [0.29, 0.717) is 6.42 Å². The van der Waals surface area contributed by atoms with Crippen molar-refractivity contribution >= 4 is 17.2 Å². The van der Waals surface area contributed by atoms with Crippen LogP contribution in [0.2, 0.25) is 0 Å². The molecule has 1 aromatic rings. The van der Waals surface area contributed by atoms with Gasteiger partial charge in [0.2, 0.25) is 5.91 Å². The van der Waals surface area contributed by atoms with Crippen molar-refractivity contribution in [1.29, 1.82) is 0 Å². The summed E-state index contributed by atoms with van der Waals surface area (Å²) in [6, 6.07) is 4.32. The summed E-state index contributed by atoms with van der Waals surface area (Å²) < 4.78 is 0. The van der Waals surface area contributed by atoms with Crippen LogP contribution < -0.4 is 5.73 Å². The average Bonchev–Trinajstić information content (AvgIpc) is 2.79. The van der Waals surface area contributed by atoms with Gasteiger partial charge in [-0.2, -0.15) is 0 Å². The molecular weight excluding hydrogens is 208 g/mol. The van der Waals surface area contributed by atoms with E-state index in [4.69, 9.17) is 5.73 Å². The Morgan fingerprint density at radius 3 is 3.07 bits per heavy atom. The highest BCUT2D eigenvalue weighted by Gasteiger charge is 2.31. The van der Waals surface area contributed by atoms with Gasteiger partial charge in [-0.15, -0.1) is 11.3 Å². The summed E-state index contributed by atoms with van der Waals surface area (Å²) in [7, 11) is 0. The SMILES string of the molecule is CC1C(N)CCN1C(=O)Cc1cccs1. The van der Waals surface area contributed by atoms with Crippen molar-refractivity contribution in [2.24, 2.45) is 5.73 Å². The topological polar surface area (TPSA) is 46.3 Å². The van der Waals surface area contributed by atoms with Gasteiger partial charge in [-0.25, -0.2) is 0 Å². The van der Waals surface area contributed by atoms with Gasteiger partial charge < -0.3 is 10.6 Å². The summed E-state index contributed by atoms with van der Waals surface area (Å²) in [4.78, 5) is 15.0. The smallest absolute Gasteiger partial charge is 0.228 e. The lowest BCUT2D eigenvalue weighted by Gasteiger charge is -2.22. The molecule has 0 bridgehead atoms. The Kier molecular flexibility index (Phi) is 3.07. The van der Waals surface area contributed by atoms with Gasteiger partial charge >= 0.3 is 0 Å². The summed E-state index contributed by atoms with van der Waals surface area (Å²) in [5.41, 5.74) is 5.89. The lowest BCUT2D eigenvalue weighted by Crippen LogP contribution is -2.40. The van der Waals surface area contributed by atoms with Gasteiger partial charge in [0.25, 0.3) is 0 Å². The first-order valence-corrected chi connectivity index (χ1v) is 6.14. The first kappa shape index (κ1) is 10.6. The zero-order chi connectivity index (χ0) is 10.8. The summed E-state index contributed by atoms with van der Waals surface area (Å²) in [5.74, 6) is 0.206. The van der Waals surface area contributed by atoms with Crippen molar-refractivity contribution in [2.45, 2.75) is 31.8 Å². The minimum atomic E-state index is 0.150. The van der Waals surface area contributed by atoms with Gasteiger partial charge in [0.05, 0.1) is 6.42 Å². The molecule has 1 aliphatic heterocycles. The Hall–Kier alpha value is -0.870. The van der Waals surface area contributed by atoms with Crippen LogP contribution in [-0.4, -0.2) is 29.4 Å². The van der Waals surface area contributed by atoms with E-state index in [-0.39, 0.29) is 18.0 Å². The van der Waals surface area contributed by atoms with Crippen molar-refractivity contribution < 1.29 is 4.79 Å². The van der Waals surface area contributed by atoms with Gasteiger partial charge in [0, 0.05) is 23.5 Å². The van der Waals surface area contributed by atoms with E-state index in [1.165, 1.54) is 0 Å². The van der Waals surface area contributed by atoms with Gasteiger partial charge in [-0.05, 0) is 24.8 Å². The molecule has 0 radical (unpaired) electrons. The molecule has 1 aromatic heterocycles. The van der Waals surface area contributed by atoms with Crippen LogP contribution in [0.15, 0.2) is 17.5 Å². The first-order chi connectivity index (χ1) is 7.18. The third-order valence-corrected chi connectivity index (χ3v) is 3.92. The summed E-state index contributed by atoms with van der Waals surface area (Å²) >= 11 is 1.63. The number of rotatable bonds is 2. The molecule has 2 unspecified atom stereocenters. The molecule has 2 N–H and O–H groups in total. The van der Waals surface area contributed by atoms with Crippen LogP contribution in [0.25, 0.3) is 0 Å². The standard InChI is InChI=1S/C11H16N2OS/c1-8-10(12)4-5-13(8)11(14)7-9-3-2-6-15-9/h2-3,6,8,10H,4-5,7,12H2,1H3. The zero-order valence-electron chi connectivity index (χ0n) is 8.85. The van der Waals surface area contributed by atoms with E-state index >= 15 is 0 Å². The minimum absolute atomic E-state index is 0.150. The van der Waals surface area contributed by atoms with Gasteiger partial charge in [-0.3, -0.25) is 4.79 Å². The quantitative estimate of drug-likeness (QED) is 0.821. The van der Waals surface area contributed by atoms with E-state index in [1.54, 1.807) is 11.3 Å². The second-order valence-corrected chi connectivity index (χ2v) is 5.07. The molecule has 4 heteroatoms. The molecule has 82 valence electrons. The number of carbonyl (C=O) groups excluding carboxylic acids is 1. The molecule has 0 saturated carbocycles. The summed E-state index contributed by atoms with van der Waals surface area (Å²) in [6.45, 7) is 2.84. The second kappa shape index (κ2) is 4.33. The van der Waals surface area contributed by atoms with Crippen LogP contribution in [0.3, 0.4) is 0 Å². The summed E-state index contributed by atoms with van der Waals surface area (Å²) in [5, 5.41) is 2.00. The normalized spacial score (nSPS) is 25.9. The molecule has 2 heterocycles. The third kappa shape index (κ3) is 2.21. The number of nitrogens with two attached hydrogens (primary N) is 1. The molecular formula is C11H16N2OS. The van der Waals surface area contributed by atoms with Crippen molar-refractivity contribution in [3.05, 3.63) is 22.4 Å². The van der Waals surface area contributed by atoms with Crippen molar-refractivity contribution in [3.63, 3.8) is 0 Å². The number of hydrogen-bond acceptors (Lipinski definition) is 3. The Labute approximate surface area is 93.9 Å². The monoisotopic (exact) mass is 224 g/mol. The van der Waals surface area contributed by atoms with Crippen LogP contribution in [0.1, 0.15) is 18.2 Å². The van der Waals surface area contributed by atoms with Gasteiger partial charge in [-0.1, -0.05) is 6.07 Å². The van der Waals surface area contributed by atoms with Crippen LogP contribution in [0, 0.1) is 0 Å². The Morgan fingerprint density at radius 1 is 1.73 bits per heavy atom. The number of amides is 1. The second-order valence-electron chi connectivity index (χ2n) is 4.04. The Bertz CT molecular complexity index is 336. The molecule has 3 nitrogen and oxygen atoms in total. The van der Waals surface area contributed by atoms with Crippen LogP contribution in [-0.2, 0) is 11.2 Å². The first-order valence-electron chi connectivity index (χ1n) is 5.26. The van der Waals surface area contributed by atoms with Gasteiger partial charge in [0.1, 0.15) is 0 Å². The number of likely N-dealkylation sites (tertiary alicyclic amines) is 1. The van der Waals surface area contributed by atoms with E-state index in [1.807, 2.05) is 29.3 Å². The third-order valence-electron chi connectivity index (χ3n) is 3.04. The lowest BCUT2D eigenvalue weighted by molar-refractivity contribution is -0.131. The fraction of sp³-hybridized carbons (Fsp3) is 0.545. The van der Waals surface area contributed by atoms with Crippen LogP contribution >= 0.6 is 11.3 Å². The number of hydrogen-bond donors (Lipinski definition) is 1. The predicted molar refractivity (Wildman–Crippen MR) is 61.8 cm³/mol. The molecule has 15 heavy (non-hydrogen) atoms. The zero-order valence-corrected chi connectivity index (χ0v) is 9.67. The van der Waals surface area contributed by atoms with Crippen molar-refractivity contribution in [2.75, 3.05) is 6.54 Å². The maximum absolute atomic E-state index is 11.9. The molecule has 1 fully saturated rings. The highest BCUT2D eigenvalue weighted by molar-refractivity contribution is 7.10. The van der Waals surface area contributed by atoms with Crippen molar-refractivity contribution in [1.82, 2.24) is 4.90 Å². The minimum Gasteiger partial charge on any atom is -0.338 e. The average molecular weight is 224 g/mol. The maximum Gasteiger partial charge on any atom is 0.228 e. The van der Waals surface area contributed by atoms with Gasteiger partial charge in [0.15, 0.2) is 0 Å². The molecule has 1 amide bonds. The number of carbonyl (C=O) groups is 1. The largest absolute Gasteiger partial charge is 0.338 e. The van der Waals surface area contributed by atoms with E-state index < -0.39 is 0 Å². The predicted octanol–water partition coefficient (Wildman–Crippen LogP) is 1.24. The molecule has 0 spiro atoms. The van der Waals surface area contributed by atoms with Crippen molar-refractivity contribution in [3.8, 4) is 0 Å². The lowest BCUT2D eigenvalue weighted by atomic mass is 10.1. The van der Waals surface area contributed by atoms with Crippen LogP contribution in [0.5, 0.6) is 0 Å². The van der Waals surface area contributed by atoms with E-state index in [2.05, 4.69) is 0 Å². The highest BCUT2D eigenvalue weighted by Crippen LogP contribution is 2.18. The van der Waals surface area contributed by atoms with Crippen LogP contribution in [0.4, 0.5) is 0 Å². The molecule has 0 aromatic carbocycles. The Balaban J connectivity index is 1.97. The maximum atomic E-state index is 11.9. The fourth-order valence-electron chi connectivity index (χ4n) is 1.98. The molecule has 1 saturated heterocycles. The molecule has 1 aliphatic rings. The Morgan fingerprint density at radius 2 is 2.53 bits per heavy atom. The molecule has 2 atom stereocenters.